The summed E-state index contributed by atoms with van der Waals surface area (Å²) in [6, 6.07) is 6.87. The van der Waals surface area contributed by atoms with E-state index in [0.29, 0.717) is 49.6 Å². The molecular formula is C22H31N3O3. The van der Waals surface area contributed by atoms with E-state index in [1.54, 1.807) is 18.2 Å². The first-order valence-electron chi connectivity index (χ1n) is 10.6. The van der Waals surface area contributed by atoms with Gasteiger partial charge in [0.05, 0.1) is 4.92 Å². The number of nitro groups is 1. The van der Waals surface area contributed by atoms with Crippen molar-refractivity contribution in [1.82, 2.24) is 4.90 Å². The van der Waals surface area contributed by atoms with E-state index < -0.39 is 0 Å². The Kier molecular flexibility index (Phi) is 5.06. The summed E-state index contributed by atoms with van der Waals surface area (Å²) in [5.74, 6) is 2.61. The lowest BCUT2D eigenvalue weighted by molar-refractivity contribution is -0.384. The Balaban J connectivity index is 1.31. The minimum absolute atomic E-state index is 0.140. The highest BCUT2D eigenvalue weighted by atomic mass is 16.6. The average molecular weight is 386 g/mol. The highest BCUT2D eigenvalue weighted by Gasteiger charge is 2.52. The van der Waals surface area contributed by atoms with Crippen LogP contribution in [0.2, 0.25) is 0 Å². The molecule has 6 heteroatoms. The predicted octanol–water partition coefficient (Wildman–Crippen LogP) is 4.10. The Morgan fingerprint density at radius 2 is 1.89 bits per heavy atom. The van der Waals surface area contributed by atoms with Crippen LogP contribution in [0.25, 0.3) is 0 Å². The number of nitro benzene ring substituents is 1. The summed E-state index contributed by atoms with van der Waals surface area (Å²) in [5.41, 5.74) is 1.18. The Hall–Kier alpha value is -2.11. The fraction of sp³-hybridized carbons (Fsp3) is 0.682. The van der Waals surface area contributed by atoms with Crippen LogP contribution in [0.1, 0.15) is 46.0 Å². The summed E-state index contributed by atoms with van der Waals surface area (Å²) in [5, 5.41) is 11.3. The van der Waals surface area contributed by atoms with Gasteiger partial charge in [0.2, 0.25) is 5.91 Å². The molecular weight excluding hydrogens is 354 g/mol. The zero-order chi connectivity index (χ0) is 19.9. The molecule has 3 fully saturated rings. The standard InChI is InChI=1S/C22H31N3O3/c1-22(2)17-8-7-16(15-17)18(22)9-10-21(26)24-13-11-23(12-14-24)19-5-3-4-6-20(19)25(27)28/h3-6,16-18H,7-15H2,1-2H3. The number of nitrogens with zero attached hydrogens (tertiary/aromatic N) is 3. The van der Waals surface area contributed by atoms with Crippen molar-refractivity contribution in [2.24, 2.45) is 23.2 Å². The van der Waals surface area contributed by atoms with Gasteiger partial charge in [0.15, 0.2) is 0 Å². The fourth-order valence-corrected chi connectivity index (χ4v) is 6.10. The Labute approximate surface area is 167 Å². The maximum atomic E-state index is 12.8. The van der Waals surface area contributed by atoms with E-state index in [1.807, 2.05) is 15.9 Å². The highest BCUT2D eigenvalue weighted by molar-refractivity contribution is 5.76. The zero-order valence-corrected chi connectivity index (χ0v) is 17.0. The van der Waals surface area contributed by atoms with Gasteiger partial charge in [0.1, 0.15) is 5.69 Å². The number of para-hydroxylation sites is 2. The molecule has 3 aliphatic rings. The zero-order valence-electron chi connectivity index (χ0n) is 17.0. The summed E-state index contributed by atoms with van der Waals surface area (Å²) in [6.45, 7) is 7.39. The van der Waals surface area contributed by atoms with Gasteiger partial charge in [-0.15, -0.1) is 0 Å². The lowest BCUT2D eigenvalue weighted by atomic mass is 9.67. The van der Waals surface area contributed by atoms with Gasteiger partial charge < -0.3 is 9.80 Å². The number of benzene rings is 1. The Morgan fingerprint density at radius 3 is 2.54 bits per heavy atom. The molecule has 2 bridgehead atoms. The van der Waals surface area contributed by atoms with Crippen LogP contribution >= 0.6 is 0 Å². The van der Waals surface area contributed by atoms with E-state index in [2.05, 4.69) is 13.8 Å². The molecule has 1 heterocycles. The average Bonchev–Trinajstić information content (AvgIpc) is 3.26. The number of hydrogen-bond donors (Lipinski definition) is 0. The second-order valence-corrected chi connectivity index (χ2v) is 9.35. The first kappa shape index (κ1) is 19.2. The Bertz CT molecular complexity index is 755. The minimum atomic E-state index is -0.329. The van der Waals surface area contributed by atoms with Crippen LogP contribution in [0.15, 0.2) is 24.3 Å². The van der Waals surface area contributed by atoms with Gasteiger partial charge in [0, 0.05) is 38.7 Å². The fourth-order valence-electron chi connectivity index (χ4n) is 6.10. The molecule has 1 aliphatic heterocycles. The van der Waals surface area contributed by atoms with E-state index in [-0.39, 0.29) is 16.5 Å². The molecule has 0 spiro atoms. The summed E-state index contributed by atoms with van der Waals surface area (Å²) < 4.78 is 0. The monoisotopic (exact) mass is 385 g/mol. The van der Waals surface area contributed by atoms with Crippen molar-refractivity contribution < 1.29 is 9.72 Å². The first-order valence-corrected chi connectivity index (χ1v) is 10.6. The van der Waals surface area contributed by atoms with Gasteiger partial charge in [-0.2, -0.15) is 0 Å². The summed E-state index contributed by atoms with van der Waals surface area (Å²) in [7, 11) is 0. The van der Waals surface area contributed by atoms with Crippen LogP contribution < -0.4 is 4.90 Å². The van der Waals surface area contributed by atoms with E-state index in [0.717, 1.165) is 18.3 Å². The van der Waals surface area contributed by atoms with E-state index in [4.69, 9.17) is 0 Å². The van der Waals surface area contributed by atoms with Crippen molar-refractivity contribution in [3.05, 3.63) is 34.4 Å². The van der Waals surface area contributed by atoms with Crippen molar-refractivity contribution in [2.75, 3.05) is 31.1 Å². The number of carbonyl (C=O) groups excluding carboxylic acids is 1. The largest absolute Gasteiger partial charge is 0.362 e. The third-order valence-corrected chi connectivity index (χ3v) is 7.77. The van der Waals surface area contributed by atoms with Crippen LogP contribution in [0.5, 0.6) is 0 Å². The van der Waals surface area contributed by atoms with Crippen LogP contribution in [0, 0.1) is 33.3 Å². The molecule has 0 aromatic heterocycles. The number of rotatable bonds is 5. The molecule has 3 unspecified atom stereocenters. The maximum absolute atomic E-state index is 12.8. The Morgan fingerprint density at radius 1 is 1.18 bits per heavy atom. The molecule has 28 heavy (non-hydrogen) atoms. The van der Waals surface area contributed by atoms with Crippen LogP contribution in [-0.4, -0.2) is 41.9 Å². The van der Waals surface area contributed by atoms with Gasteiger partial charge in [-0.3, -0.25) is 14.9 Å². The lowest BCUT2D eigenvalue weighted by Gasteiger charge is -2.39. The maximum Gasteiger partial charge on any atom is 0.292 e. The molecule has 1 aromatic rings. The topological polar surface area (TPSA) is 66.7 Å². The van der Waals surface area contributed by atoms with Crippen LogP contribution in [0.4, 0.5) is 11.4 Å². The van der Waals surface area contributed by atoms with Crippen molar-refractivity contribution >= 4 is 17.3 Å². The van der Waals surface area contributed by atoms with Gasteiger partial charge >= 0.3 is 0 Å². The molecule has 4 rings (SSSR count). The molecule has 3 atom stereocenters. The molecule has 1 amide bonds. The highest BCUT2D eigenvalue weighted by Crippen LogP contribution is 2.60. The molecule has 6 nitrogen and oxygen atoms in total. The second kappa shape index (κ2) is 7.37. The number of hydrogen-bond acceptors (Lipinski definition) is 4. The third-order valence-electron chi connectivity index (χ3n) is 7.77. The smallest absolute Gasteiger partial charge is 0.292 e. The summed E-state index contributed by atoms with van der Waals surface area (Å²) in [4.78, 5) is 27.7. The predicted molar refractivity (Wildman–Crippen MR) is 109 cm³/mol. The minimum Gasteiger partial charge on any atom is -0.362 e. The van der Waals surface area contributed by atoms with Crippen LogP contribution in [-0.2, 0) is 4.79 Å². The second-order valence-electron chi connectivity index (χ2n) is 9.35. The summed E-state index contributed by atoms with van der Waals surface area (Å²) in [6.07, 6.45) is 5.73. The van der Waals surface area contributed by atoms with Gasteiger partial charge in [-0.1, -0.05) is 26.0 Å². The first-order chi connectivity index (χ1) is 13.4. The van der Waals surface area contributed by atoms with Gasteiger partial charge in [-0.05, 0) is 54.9 Å². The number of amides is 1. The third kappa shape index (κ3) is 3.38. The molecule has 1 saturated heterocycles. The van der Waals surface area contributed by atoms with Crippen molar-refractivity contribution in [2.45, 2.75) is 46.0 Å². The molecule has 2 saturated carbocycles. The van der Waals surface area contributed by atoms with Crippen molar-refractivity contribution in [3.8, 4) is 0 Å². The SMILES string of the molecule is CC1(C)C2CCC(C2)C1CCC(=O)N1CCN(c2ccccc2[N+](=O)[O-])CC1. The van der Waals surface area contributed by atoms with Gasteiger partial charge in [-0.25, -0.2) is 0 Å². The van der Waals surface area contributed by atoms with E-state index in [9.17, 15) is 14.9 Å². The molecule has 152 valence electrons. The van der Waals surface area contributed by atoms with Crippen LogP contribution in [0.3, 0.4) is 0 Å². The molecule has 0 N–H and O–H groups in total. The number of carbonyl (C=O) groups is 1. The number of piperazine rings is 1. The molecule has 1 aromatic carbocycles. The normalized spacial score (nSPS) is 28.6. The van der Waals surface area contributed by atoms with Crippen molar-refractivity contribution in [3.63, 3.8) is 0 Å². The lowest BCUT2D eigenvalue weighted by Crippen LogP contribution is -2.49. The quantitative estimate of drug-likeness (QED) is 0.565. The van der Waals surface area contributed by atoms with E-state index >= 15 is 0 Å². The van der Waals surface area contributed by atoms with E-state index in [1.165, 1.54) is 19.3 Å². The summed E-state index contributed by atoms with van der Waals surface area (Å²) >= 11 is 0. The number of anilines is 1. The molecule has 0 radical (unpaired) electrons. The van der Waals surface area contributed by atoms with Gasteiger partial charge in [0.25, 0.3) is 5.69 Å². The van der Waals surface area contributed by atoms with Crippen molar-refractivity contribution in [1.29, 1.82) is 0 Å². The molecule has 2 aliphatic carbocycles. The number of fused-ring (bicyclic) bond motifs is 2.